The van der Waals surface area contributed by atoms with Gasteiger partial charge in [-0.1, -0.05) is 6.07 Å². The van der Waals surface area contributed by atoms with Crippen molar-refractivity contribution in [2.75, 3.05) is 0 Å². The van der Waals surface area contributed by atoms with Crippen molar-refractivity contribution in [2.24, 2.45) is 0 Å². The molecule has 2 N–H and O–H groups in total. The molecule has 0 fully saturated rings. The number of hydrogen-bond acceptors (Lipinski definition) is 2. The van der Waals surface area contributed by atoms with Gasteiger partial charge < -0.3 is 10.1 Å². The molecule has 0 amide bonds. The minimum Gasteiger partial charge on any atom is -0.377 e. The van der Waals surface area contributed by atoms with Crippen LogP contribution in [0.1, 0.15) is 5.56 Å². The number of H-pyrrole nitrogens is 1. The molecule has 0 aliphatic carbocycles. The Kier molecular flexibility index (Phi) is 3.13. The first-order chi connectivity index (χ1) is 8.38. The van der Waals surface area contributed by atoms with Crippen LogP contribution in [0.5, 0.6) is 0 Å². The van der Waals surface area contributed by atoms with Crippen molar-refractivity contribution in [1.29, 1.82) is 0 Å². The lowest BCUT2D eigenvalue weighted by Gasteiger charge is -2.13. The first-order valence-corrected chi connectivity index (χ1v) is 5.21. The molecule has 18 heavy (non-hydrogen) atoms. The van der Waals surface area contributed by atoms with E-state index in [1.165, 1.54) is 0 Å². The molecule has 2 aromatic rings. The zero-order valence-electron chi connectivity index (χ0n) is 9.16. The number of alkyl halides is 3. The van der Waals surface area contributed by atoms with Crippen LogP contribution in [0.15, 0.2) is 30.5 Å². The summed E-state index contributed by atoms with van der Waals surface area (Å²) in [6.07, 6.45) is -6.57. The SMILES string of the molecule is O=C(Cc1ccc2[nH]ccc2c1)C(O)C(F)(F)F. The molecule has 0 aliphatic heterocycles. The lowest BCUT2D eigenvalue weighted by Crippen LogP contribution is -2.37. The van der Waals surface area contributed by atoms with E-state index in [0.29, 0.717) is 5.56 Å². The van der Waals surface area contributed by atoms with Crippen molar-refractivity contribution in [3.05, 3.63) is 36.0 Å². The predicted octanol–water partition coefficient (Wildman–Crippen LogP) is 2.20. The number of carbonyl (C=O) groups is 1. The molecule has 1 unspecified atom stereocenters. The first kappa shape index (κ1) is 12.6. The number of carbonyl (C=O) groups excluding carboxylic acids is 1. The molecule has 0 radical (unpaired) electrons. The monoisotopic (exact) mass is 257 g/mol. The number of fused-ring (bicyclic) bond motifs is 1. The molecule has 1 aromatic heterocycles. The summed E-state index contributed by atoms with van der Waals surface area (Å²) in [5, 5.41) is 9.62. The molecule has 0 saturated heterocycles. The van der Waals surface area contributed by atoms with Crippen molar-refractivity contribution < 1.29 is 23.1 Å². The molecule has 3 nitrogen and oxygen atoms in total. The highest BCUT2D eigenvalue weighted by molar-refractivity contribution is 5.87. The average Bonchev–Trinajstić information content (AvgIpc) is 2.73. The largest absolute Gasteiger partial charge is 0.421 e. The van der Waals surface area contributed by atoms with Gasteiger partial charge in [0.25, 0.3) is 0 Å². The minimum absolute atomic E-state index is 0.440. The third-order valence-electron chi connectivity index (χ3n) is 2.61. The number of rotatable bonds is 3. The second-order valence-electron chi connectivity index (χ2n) is 3.99. The van der Waals surface area contributed by atoms with Crippen LogP contribution in [0, 0.1) is 0 Å². The second-order valence-corrected chi connectivity index (χ2v) is 3.99. The fourth-order valence-corrected chi connectivity index (χ4v) is 1.69. The van der Waals surface area contributed by atoms with Gasteiger partial charge in [0.2, 0.25) is 6.10 Å². The van der Waals surface area contributed by atoms with E-state index in [1.54, 1.807) is 30.5 Å². The van der Waals surface area contributed by atoms with Crippen molar-refractivity contribution in [3.63, 3.8) is 0 Å². The number of aliphatic hydroxyl groups is 1. The predicted molar refractivity (Wildman–Crippen MR) is 59.1 cm³/mol. The Labute approximate surface area is 100 Å². The highest BCUT2D eigenvalue weighted by Crippen LogP contribution is 2.22. The Bertz CT molecular complexity index is 574. The van der Waals surface area contributed by atoms with Crippen LogP contribution >= 0.6 is 0 Å². The number of aromatic amines is 1. The maximum Gasteiger partial charge on any atom is 0.421 e. The summed E-state index contributed by atoms with van der Waals surface area (Å²) in [5.74, 6) is -1.25. The van der Waals surface area contributed by atoms with E-state index < -0.39 is 24.5 Å². The molecular weight excluding hydrogens is 247 g/mol. The maximum absolute atomic E-state index is 12.1. The lowest BCUT2D eigenvalue weighted by atomic mass is 10.0. The molecule has 96 valence electrons. The Morgan fingerprint density at radius 3 is 2.72 bits per heavy atom. The molecule has 1 heterocycles. The van der Waals surface area contributed by atoms with Gasteiger partial charge in [-0.2, -0.15) is 13.2 Å². The van der Waals surface area contributed by atoms with Gasteiger partial charge in [0, 0.05) is 18.1 Å². The molecule has 0 bridgehead atoms. The number of Topliss-reactive ketones (excluding diaryl/α,β-unsaturated/α-hetero) is 1. The molecule has 2 rings (SSSR count). The standard InChI is InChI=1S/C12H10F3NO2/c13-12(14,15)11(18)10(17)6-7-1-2-9-8(5-7)3-4-16-9/h1-5,11,16,18H,6H2. The highest BCUT2D eigenvalue weighted by atomic mass is 19.4. The second kappa shape index (κ2) is 4.45. The summed E-state index contributed by atoms with van der Waals surface area (Å²) in [7, 11) is 0. The quantitative estimate of drug-likeness (QED) is 0.885. The summed E-state index contributed by atoms with van der Waals surface area (Å²) in [6, 6.07) is 6.61. The summed E-state index contributed by atoms with van der Waals surface area (Å²) >= 11 is 0. The van der Waals surface area contributed by atoms with Gasteiger partial charge in [0.1, 0.15) is 0 Å². The van der Waals surface area contributed by atoms with Crippen molar-refractivity contribution in [3.8, 4) is 0 Å². The number of nitrogens with one attached hydrogen (secondary N) is 1. The van der Waals surface area contributed by atoms with Crippen LogP contribution < -0.4 is 0 Å². The van der Waals surface area contributed by atoms with Gasteiger partial charge in [-0.25, -0.2) is 0 Å². The average molecular weight is 257 g/mol. The normalized spacial score (nSPS) is 13.8. The van der Waals surface area contributed by atoms with Crippen LogP contribution in [0.4, 0.5) is 13.2 Å². The van der Waals surface area contributed by atoms with Crippen molar-refractivity contribution in [1.82, 2.24) is 4.98 Å². The minimum atomic E-state index is -4.91. The van der Waals surface area contributed by atoms with E-state index >= 15 is 0 Å². The zero-order chi connectivity index (χ0) is 13.3. The van der Waals surface area contributed by atoms with E-state index in [0.717, 1.165) is 10.9 Å². The molecule has 0 aliphatic rings. The highest BCUT2D eigenvalue weighted by Gasteiger charge is 2.42. The van der Waals surface area contributed by atoms with Gasteiger partial charge >= 0.3 is 6.18 Å². The Morgan fingerprint density at radius 2 is 2.06 bits per heavy atom. The third-order valence-corrected chi connectivity index (χ3v) is 2.61. The van der Waals surface area contributed by atoms with Gasteiger partial charge in [0.05, 0.1) is 0 Å². The fourth-order valence-electron chi connectivity index (χ4n) is 1.69. The van der Waals surface area contributed by atoms with Gasteiger partial charge in [0.15, 0.2) is 5.78 Å². The molecular formula is C12H10F3NO2. The Hall–Kier alpha value is -1.82. The number of hydrogen-bond donors (Lipinski definition) is 2. The Balaban J connectivity index is 2.16. The number of aliphatic hydroxyl groups excluding tert-OH is 1. The molecule has 0 saturated carbocycles. The van der Waals surface area contributed by atoms with E-state index in [4.69, 9.17) is 5.11 Å². The molecule has 6 heteroatoms. The maximum atomic E-state index is 12.1. The first-order valence-electron chi connectivity index (χ1n) is 5.21. The summed E-state index contributed by atoms with van der Waals surface area (Å²) in [5.41, 5.74) is 1.28. The van der Waals surface area contributed by atoms with Crippen molar-refractivity contribution in [2.45, 2.75) is 18.7 Å². The van der Waals surface area contributed by atoms with Gasteiger partial charge in [-0.15, -0.1) is 0 Å². The van der Waals surface area contributed by atoms with Crippen LogP contribution in [-0.4, -0.2) is 28.2 Å². The van der Waals surface area contributed by atoms with Crippen LogP contribution in [0.2, 0.25) is 0 Å². The topological polar surface area (TPSA) is 53.1 Å². The van der Waals surface area contributed by atoms with E-state index in [1.807, 2.05) is 0 Å². The lowest BCUT2D eigenvalue weighted by molar-refractivity contribution is -0.203. The van der Waals surface area contributed by atoms with Crippen LogP contribution in [0.3, 0.4) is 0 Å². The van der Waals surface area contributed by atoms with E-state index in [2.05, 4.69) is 4.98 Å². The van der Waals surface area contributed by atoms with Crippen LogP contribution in [-0.2, 0) is 11.2 Å². The van der Waals surface area contributed by atoms with Crippen molar-refractivity contribution >= 4 is 16.7 Å². The summed E-state index contributed by atoms with van der Waals surface area (Å²) in [4.78, 5) is 14.2. The van der Waals surface area contributed by atoms with E-state index in [-0.39, 0.29) is 0 Å². The summed E-state index contributed by atoms with van der Waals surface area (Å²) < 4.78 is 36.4. The van der Waals surface area contributed by atoms with E-state index in [9.17, 15) is 18.0 Å². The number of benzene rings is 1. The van der Waals surface area contributed by atoms with Gasteiger partial charge in [-0.3, -0.25) is 4.79 Å². The number of halogens is 3. The summed E-state index contributed by atoms with van der Waals surface area (Å²) in [6.45, 7) is 0. The smallest absolute Gasteiger partial charge is 0.377 e. The zero-order valence-corrected chi connectivity index (χ0v) is 9.16. The molecule has 1 atom stereocenters. The van der Waals surface area contributed by atoms with Crippen LogP contribution in [0.25, 0.3) is 10.9 Å². The molecule has 0 spiro atoms. The Morgan fingerprint density at radius 1 is 1.33 bits per heavy atom. The fraction of sp³-hybridized carbons (Fsp3) is 0.250. The number of ketones is 1. The molecule has 1 aromatic carbocycles. The number of aromatic nitrogens is 1. The van der Waals surface area contributed by atoms with Gasteiger partial charge in [-0.05, 0) is 29.1 Å². The third kappa shape index (κ3) is 2.53.